The van der Waals surface area contributed by atoms with Crippen molar-refractivity contribution in [1.82, 2.24) is 5.32 Å². The van der Waals surface area contributed by atoms with Crippen LogP contribution in [-0.4, -0.2) is 19.9 Å². The van der Waals surface area contributed by atoms with Crippen molar-refractivity contribution < 1.29 is 13.2 Å². The van der Waals surface area contributed by atoms with Gasteiger partial charge in [0, 0.05) is 10.0 Å². The van der Waals surface area contributed by atoms with E-state index in [-0.39, 0.29) is 21.9 Å². The molecule has 112 valence electrons. The van der Waals surface area contributed by atoms with Gasteiger partial charge in [-0.3, -0.25) is 4.79 Å². The fourth-order valence-electron chi connectivity index (χ4n) is 1.62. The highest BCUT2D eigenvalue weighted by atomic mass is 79.9. The van der Waals surface area contributed by atoms with E-state index in [1.54, 1.807) is 0 Å². The van der Waals surface area contributed by atoms with E-state index < -0.39 is 10.0 Å². The standard InChI is InChI=1S/C13H19BrN2O3S/c1-4-13(3,5-2)16-12(17)10-8-9(20(15,18)19)6-7-11(10)14/h6-8H,4-5H2,1-3H3,(H,16,17)(H2,15,18,19). The molecule has 1 rings (SSSR count). The highest BCUT2D eigenvalue weighted by molar-refractivity contribution is 9.10. The molecule has 0 aliphatic rings. The molecule has 0 saturated heterocycles. The minimum absolute atomic E-state index is 0.0828. The van der Waals surface area contributed by atoms with Crippen LogP contribution in [0.25, 0.3) is 0 Å². The molecule has 0 radical (unpaired) electrons. The van der Waals surface area contributed by atoms with Crippen molar-refractivity contribution in [1.29, 1.82) is 0 Å². The van der Waals surface area contributed by atoms with Gasteiger partial charge in [-0.05, 0) is 53.9 Å². The molecule has 7 heteroatoms. The lowest BCUT2D eigenvalue weighted by molar-refractivity contribution is 0.0900. The molecule has 1 amide bonds. The molecule has 0 spiro atoms. The largest absolute Gasteiger partial charge is 0.347 e. The molecule has 3 N–H and O–H groups in total. The Labute approximate surface area is 128 Å². The summed E-state index contributed by atoms with van der Waals surface area (Å²) in [6.45, 7) is 5.92. The van der Waals surface area contributed by atoms with Gasteiger partial charge in [0.15, 0.2) is 0 Å². The molecule has 1 aromatic rings. The third-order valence-corrected chi connectivity index (χ3v) is 5.09. The summed E-state index contributed by atoms with van der Waals surface area (Å²) in [7, 11) is -3.83. The minimum atomic E-state index is -3.83. The summed E-state index contributed by atoms with van der Waals surface area (Å²) in [5.74, 6) is -0.325. The first-order chi connectivity index (χ1) is 9.13. The highest BCUT2D eigenvalue weighted by Gasteiger charge is 2.24. The van der Waals surface area contributed by atoms with Crippen LogP contribution in [0, 0.1) is 0 Å². The Morgan fingerprint density at radius 3 is 2.35 bits per heavy atom. The van der Waals surface area contributed by atoms with Gasteiger partial charge >= 0.3 is 0 Å². The van der Waals surface area contributed by atoms with E-state index in [1.807, 2.05) is 20.8 Å². The Bertz CT molecular complexity index is 610. The van der Waals surface area contributed by atoms with Gasteiger partial charge in [-0.2, -0.15) is 0 Å². The van der Waals surface area contributed by atoms with Gasteiger partial charge in [-0.1, -0.05) is 13.8 Å². The Morgan fingerprint density at radius 1 is 1.35 bits per heavy atom. The van der Waals surface area contributed by atoms with Crippen LogP contribution in [0.3, 0.4) is 0 Å². The second-order valence-corrected chi connectivity index (χ2v) is 7.32. The smallest absolute Gasteiger partial charge is 0.252 e. The third kappa shape index (κ3) is 4.04. The average Bonchev–Trinajstić information content (AvgIpc) is 2.37. The van der Waals surface area contributed by atoms with Gasteiger partial charge in [0.05, 0.1) is 10.5 Å². The van der Waals surface area contributed by atoms with Gasteiger partial charge in [0.2, 0.25) is 10.0 Å². The van der Waals surface area contributed by atoms with Crippen molar-refractivity contribution in [2.75, 3.05) is 0 Å². The van der Waals surface area contributed by atoms with E-state index in [9.17, 15) is 13.2 Å². The van der Waals surface area contributed by atoms with E-state index in [4.69, 9.17) is 5.14 Å². The van der Waals surface area contributed by atoms with Gasteiger partial charge < -0.3 is 5.32 Å². The lowest BCUT2D eigenvalue weighted by atomic mass is 9.95. The zero-order valence-corrected chi connectivity index (χ0v) is 14.1. The number of nitrogens with one attached hydrogen (secondary N) is 1. The molecule has 20 heavy (non-hydrogen) atoms. The predicted octanol–water partition coefficient (Wildman–Crippen LogP) is 2.41. The first kappa shape index (κ1) is 17.1. The number of sulfonamides is 1. The van der Waals surface area contributed by atoms with Crippen LogP contribution < -0.4 is 10.5 Å². The summed E-state index contributed by atoms with van der Waals surface area (Å²) in [5, 5.41) is 8.00. The summed E-state index contributed by atoms with van der Waals surface area (Å²) < 4.78 is 23.2. The highest BCUT2D eigenvalue weighted by Crippen LogP contribution is 2.22. The molecule has 0 bridgehead atoms. The number of primary sulfonamides is 1. The van der Waals surface area contributed by atoms with Crippen LogP contribution in [0.4, 0.5) is 0 Å². The first-order valence-electron chi connectivity index (χ1n) is 6.28. The molecule has 0 aromatic heterocycles. The van der Waals surface area contributed by atoms with Gasteiger partial charge in [0.1, 0.15) is 0 Å². The van der Waals surface area contributed by atoms with Crippen molar-refractivity contribution in [3.05, 3.63) is 28.2 Å². The van der Waals surface area contributed by atoms with Crippen molar-refractivity contribution >= 4 is 31.9 Å². The van der Waals surface area contributed by atoms with Crippen LogP contribution in [0.5, 0.6) is 0 Å². The fraction of sp³-hybridized carbons (Fsp3) is 0.462. The molecule has 0 fully saturated rings. The number of carbonyl (C=O) groups excluding carboxylic acids is 1. The van der Waals surface area contributed by atoms with Crippen molar-refractivity contribution in [2.45, 2.75) is 44.0 Å². The van der Waals surface area contributed by atoms with E-state index in [0.717, 1.165) is 12.8 Å². The number of rotatable bonds is 5. The maximum atomic E-state index is 12.3. The number of amides is 1. The number of hydrogen-bond acceptors (Lipinski definition) is 3. The third-order valence-electron chi connectivity index (χ3n) is 3.49. The van der Waals surface area contributed by atoms with Crippen molar-refractivity contribution in [3.63, 3.8) is 0 Å². The molecule has 0 heterocycles. The summed E-state index contributed by atoms with van der Waals surface area (Å²) in [6.07, 6.45) is 1.56. The van der Waals surface area contributed by atoms with Gasteiger partial charge in [-0.25, -0.2) is 13.6 Å². The van der Waals surface area contributed by atoms with Crippen molar-refractivity contribution in [2.24, 2.45) is 5.14 Å². The fourth-order valence-corrected chi connectivity index (χ4v) is 2.59. The zero-order valence-electron chi connectivity index (χ0n) is 11.7. The molecule has 0 atom stereocenters. The second kappa shape index (κ2) is 6.24. The molecular weight excluding hydrogens is 344 g/mol. The zero-order chi connectivity index (χ0) is 15.6. The predicted molar refractivity (Wildman–Crippen MR) is 82.0 cm³/mol. The molecule has 0 unspecified atom stereocenters. The molecule has 0 saturated carbocycles. The summed E-state index contributed by atoms with van der Waals surface area (Å²) in [6, 6.07) is 4.14. The Kier molecular flexibility index (Phi) is 5.34. The van der Waals surface area contributed by atoms with Crippen LogP contribution in [0.1, 0.15) is 44.0 Å². The summed E-state index contributed by atoms with van der Waals surface area (Å²) in [4.78, 5) is 12.2. The van der Waals surface area contributed by atoms with E-state index >= 15 is 0 Å². The lowest BCUT2D eigenvalue weighted by Gasteiger charge is -2.28. The molecule has 1 aromatic carbocycles. The van der Waals surface area contributed by atoms with E-state index in [1.165, 1.54) is 18.2 Å². The summed E-state index contributed by atoms with van der Waals surface area (Å²) >= 11 is 3.25. The molecule has 5 nitrogen and oxygen atoms in total. The van der Waals surface area contributed by atoms with Crippen molar-refractivity contribution in [3.8, 4) is 0 Å². The van der Waals surface area contributed by atoms with Crippen LogP contribution in [0.15, 0.2) is 27.6 Å². The maximum absolute atomic E-state index is 12.3. The number of hydrogen-bond donors (Lipinski definition) is 2. The van der Waals surface area contributed by atoms with Crippen LogP contribution in [-0.2, 0) is 10.0 Å². The van der Waals surface area contributed by atoms with Crippen LogP contribution in [0.2, 0.25) is 0 Å². The molecule has 0 aliphatic heterocycles. The number of carbonyl (C=O) groups is 1. The Hall–Kier alpha value is -0.920. The molecule has 0 aliphatic carbocycles. The maximum Gasteiger partial charge on any atom is 0.252 e. The number of nitrogens with two attached hydrogens (primary N) is 1. The normalized spacial score (nSPS) is 12.2. The van der Waals surface area contributed by atoms with Gasteiger partial charge in [0.25, 0.3) is 5.91 Å². The summed E-state index contributed by atoms with van der Waals surface area (Å²) in [5.41, 5.74) is -0.0710. The topological polar surface area (TPSA) is 89.3 Å². The number of halogens is 1. The Morgan fingerprint density at radius 2 is 1.90 bits per heavy atom. The van der Waals surface area contributed by atoms with E-state index in [0.29, 0.717) is 4.47 Å². The first-order valence-corrected chi connectivity index (χ1v) is 8.61. The Balaban J connectivity index is 3.17. The van der Waals surface area contributed by atoms with Gasteiger partial charge in [-0.15, -0.1) is 0 Å². The average molecular weight is 363 g/mol. The second-order valence-electron chi connectivity index (χ2n) is 4.91. The quantitative estimate of drug-likeness (QED) is 0.842. The van der Waals surface area contributed by atoms with E-state index in [2.05, 4.69) is 21.2 Å². The van der Waals surface area contributed by atoms with Crippen LogP contribution >= 0.6 is 15.9 Å². The SMILES string of the molecule is CCC(C)(CC)NC(=O)c1cc(S(N)(=O)=O)ccc1Br. The monoisotopic (exact) mass is 362 g/mol. The number of benzene rings is 1. The lowest BCUT2D eigenvalue weighted by Crippen LogP contribution is -2.45. The minimum Gasteiger partial charge on any atom is -0.347 e. The molecular formula is C13H19BrN2O3S.